The van der Waals surface area contributed by atoms with Gasteiger partial charge in [-0.05, 0) is 12.8 Å². The van der Waals surface area contributed by atoms with E-state index in [4.69, 9.17) is 16.7 Å². The van der Waals surface area contributed by atoms with Crippen LogP contribution in [0.3, 0.4) is 0 Å². The Morgan fingerprint density at radius 3 is 2.27 bits per heavy atom. The zero-order valence-corrected chi connectivity index (χ0v) is 6.94. The minimum absolute atomic E-state index is 0.303. The van der Waals surface area contributed by atoms with E-state index in [1.165, 1.54) is 4.72 Å². The average molecular weight is 200 g/mol. The van der Waals surface area contributed by atoms with Gasteiger partial charge in [0, 0.05) is 0 Å². The fraction of sp³-hybridized carbons (Fsp3) is 0.750. The molecule has 0 bridgehead atoms. The smallest absolute Gasteiger partial charge is 0.418 e. The van der Waals surface area contributed by atoms with Crippen LogP contribution in [0, 0.1) is 0 Å². The van der Waals surface area contributed by atoms with Crippen LogP contribution in [0.25, 0.3) is 0 Å². The van der Waals surface area contributed by atoms with Crippen molar-refractivity contribution < 1.29 is 18.3 Å². The molecule has 64 valence electrons. The van der Waals surface area contributed by atoms with E-state index in [2.05, 4.69) is 0 Å². The first-order chi connectivity index (χ1) is 4.87. The minimum atomic E-state index is -3.87. The van der Waals surface area contributed by atoms with Crippen molar-refractivity contribution >= 4 is 27.7 Å². The molecule has 11 heavy (non-hydrogen) atoms. The van der Waals surface area contributed by atoms with Gasteiger partial charge in [-0.15, -0.1) is 0 Å². The summed E-state index contributed by atoms with van der Waals surface area (Å²) in [6.07, 6.45) is -0.995. The zero-order chi connectivity index (χ0) is 8.70. The molecule has 1 rings (SSSR count). The molecule has 0 aromatic heterocycles. The molecule has 2 N–H and O–H groups in total. The maximum atomic E-state index is 10.9. The Morgan fingerprint density at radius 2 is 2.00 bits per heavy atom. The second-order valence-electron chi connectivity index (χ2n) is 2.29. The number of hydrogen-bond donors (Lipinski definition) is 2. The summed E-state index contributed by atoms with van der Waals surface area (Å²) in [6, 6.07) is 0. The second-order valence-corrected chi connectivity index (χ2v) is 5.23. The summed E-state index contributed by atoms with van der Waals surface area (Å²) in [4.78, 5) is 9.94. The Hall–Kier alpha value is -0.490. The molecule has 0 heterocycles. The highest BCUT2D eigenvalue weighted by Gasteiger charge is 2.54. The molecule has 7 heteroatoms. The summed E-state index contributed by atoms with van der Waals surface area (Å²) in [6.45, 7) is 0. The van der Waals surface area contributed by atoms with Crippen LogP contribution in [-0.2, 0) is 10.0 Å². The van der Waals surface area contributed by atoms with Crippen LogP contribution in [0.2, 0.25) is 0 Å². The van der Waals surface area contributed by atoms with Gasteiger partial charge in [-0.25, -0.2) is 17.9 Å². The van der Waals surface area contributed by atoms with Crippen molar-refractivity contribution in [2.24, 2.45) is 0 Å². The monoisotopic (exact) mass is 199 g/mol. The molecular weight excluding hydrogens is 194 g/mol. The number of amides is 1. The van der Waals surface area contributed by atoms with Crippen LogP contribution < -0.4 is 4.72 Å². The van der Waals surface area contributed by atoms with E-state index in [0.717, 1.165) is 0 Å². The molecule has 0 radical (unpaired) electrons. The van der Waals surface area contributed by atoms with Crippen molar-refractivity contribution in [1.29, 1.82) is 0 Å². The first kappa shape index (κ1) is 8.61. The standard InChI is InChI=1S/C4H6ClNO4S/c5-4(1-2-4)11(9,10)6-3(7)8/h6H,1-2H2,(H,7,8). The normalized spacial score (nSPS) is 20.8. The Labute approximate surface area is 68.4 Å². The molecule has 0 spiro atoms. The summed E-state index contributed by atoms with van der Waals surface area (Å²) >= 11 is 5.47. The number of halogens is 1. The van der Waals surface area contributed by atoms with Crippen LogP contribution in [-0.4, -0.2) is 23.8 Å². The minimum Gasteiger partial charge on any atom is -0.464 e. The van der Waals surface area contributed by atoms with Gasteiger partial charge in [0.2, 0.25) is 0 Å². The fourth-order valence-electron chi connectivity index (χ4n) is 0.573. The third kappa shape index (κ3) is 1.57. The first-order valence-electron chi connectivity index (χ1n) is 2.82. The molecular formula is C4H6ClNO4S. The van der Waals surface area contributed by atoms with Gasteiger partial charge < -0.3 is 5.11 Å². The van der Waals surface area contributed by atoms with Crippen LogP contribution in [0.4, 0.5) is 4.79 Å². The van der Waals surface area contributed by atoms with Gasteiger partial charge in [0.15, 0.2) is 4.21 Å². The maximum absolute atomic E-state index is 10.9. The summed E-state index contributed by atoms with van der Waals surface area (Å²) in [5.41, 5.74) is 0. The zero-order valence-electron chi connectivity index (χ0n) is 5.37. The van der Waals surface area contributed by atoms with Gasteiger partial charge in [0.05, 0.1) is 0 Å². The highest BCUT2D eigenvalue weighted by molar-refractivity contribution is 7.93. The molecule has 0 saturated heterocycles. The van der Waals surface area contributed by atoms with E-state index in [1.807, 2.05) is 0 Å². The number of carbonyl (C=O) groups is 1. The van der Waals surface area contributed by atoms with Crippen LogP contribution in [0.5, 0.6) is 0 Å². The lowest BCUT2D eigenvalue weighted by Crippen LogP contribution is -2.36. The molecule has 1 fully saturated rings. The van der Waals surface area contributed by atoms with Gasteiger partial charge in [-0.1, -0.05) is 11.6 Å². The summed E-state index contributed by atoms with van der Waals surface area (Å²) in [5.74, 6) is 0. The molecule has 1 saturated carbocycles. The third-order valence-electron chi connectivity index (χ3n) is 1.35. The van der Waals surface area contributed by atoms with Crippen molar-refractivity contribution in [3.8, 4) is 0 Å². The molecule has 1 aliphatic rings. The Morgan fingerprint density at radius 1 is 1.55 bits per heavy atom. The van der Waals surface area contributed by atoms with E-state index >= 15 is 0 Å². The van der Waals surface area contributed by atoms with Gasteiger partial charge in [-0.3, -0.25) is 0 Å². The van der Waals surface area contributed by atoms with Crippen LogP contribution in [0.15, 0.2) is 0 Å². The molecule has 0 aliphatic heterocycles. The van der Waals surface area contributed by atoms with Crippen molar-refractivity contribution in [2.45, 2.75) is 17.0 Å². The van der Waals surface area contributed by atoms with Gasteiger partial charge in [-0.2, -0.15) is 0 Å². The van der Waals surface area contributed by atoms with E-state index in [-0.39, 0.29) is 0 Å². The van der Waals surface area contributed by atoms with E-state index < -0.39 is 20.3 Å². The lowest BCUT2D eigenvalue weighted by Gasteiger charge is -2.06. The molecule has 0 unspecified atom stereocenters. The van der Waals surface area contributed by atoms with E-state index in [0.29, 0.717) is 12.8 Å². The fourth-order valence-corrected chi connectivity index (χ4v) is 1.84. The SMILES string of the molecule is O=C(O)NS(=O)(=O)C1(Cl)CC1. The Kier molecular flexibility index (Phi) is 1.76. The quantitative estimate of drug-likeness (QED) is 0.627. The predicted molar refractivity (Wildman–Crippen MR) is 37.9 cm³/mol. The van der Waals surface area contributed by atoms with Crippen molar-refractivity contribution in [1.82, 2.24) is 4.72 Å². The molecule has 1 aliphatic carbocycles. The predicted octanol–water partition coefficient (Wildman–Crippen LogP) is 0.313. The lowest BCUT2D eigenvalue weighted by atomic mass is 11.0. The van der Waals surface area contributed by atoms with E-state index in [1.54, 1.807) is 0 Å². The summed E-state index contributed by atoms with van der Waals surface area (Å²) in [5, 5.41) is 8.09. The van der Waals surface area contributed by atoms with Crippen LogP contribution in [0.1, 0.15) is 12.8 Å². The highest BCUT2D eigenvalue weighted by atomic mass is 35.5. The average Bonchev–Trinajstić information content (AvgIpc) is 2.44. The Bertz CT molecular complexity index is 280. The summed E-state index contributed by atoms with van der Waals surface area (Å²) < 4.78 is 21.8. The number of carboxylic acid groups (broad SMARTS) is 1. The number of sulfonamides is 1. The topological polar surface area (TPSA) is 83.5 Å². The van der Waals surface area contributed by atoms with E-state index in [9.17, 15) is 13.2 Å². The third-order valence-corrected chi connectivity index (χ3v) is 4.15. The van der Waals surface area contributed by atoms with Gasteiger partial charge in [0.25, 0.3) is 10.0 Å². The Balaban J connectivity index is 2.76. The highest BCUT2D eigenvalue weighted by Crippen LogP contribution is 2.46. The van der Waals surface area contributed by atoms with Gasteiger partial charge >= 0.3 is 6.09 Å². The van der Waals surface area contributed by atoms with Crippen molar-refractivity contribution in [3.63, 3.8) is 0 Å². The molecule has 5 nitrogen and oxygen atoms in total. The first-order valence-corrected chi connectivity index (χ1v) is 4.68. The molecule has 0 aromatic rings. The van der Waals surface area contributed by atoms with Crippen LogP contribution >= 0.6 is 11.6 Å². The van der Waals surface area contributed by atoms with Gasteiger partial charge in [0.1, 0.15) is 0 Å². The van der Waals surface area contributed by atoms with Crippen molar-refractivity contribution in [3.05, 3.63) is 0 Å². The maximum Gasteiger partial charge on any atom is 0.418 e. The van der Waals surface area contributed by atoms with Crippen molar-refractivity contribution in [2.75, 3.05) is 0 Å². The molecule has 0 aromatic carbocycles. The summed E-state index contributed by atoms with van der Waals surface area (Å²) in [7, 11) is -3.87. The number of rotatable bonds is 2. The second kappa shape index (κ2) is 2.25. The molecule has 1 amide bonds. The lowest BCUT2D eigenvalue weighted by molar-refractivity contribution is 0.201. The number of alkyl halides is 1. The largest absolute Gasteiger partial charge is 0.464 e. The number of hydrogen-bond acceptors (Lipinski definition) is 3. The number of nitrogens with one attached hydrogen (secondary N) is 1. The molecule has 0 atom stereocenters.